The molecule has 0 aliphatic heterocycles. The van der Waals surface area contributed by atoms with Crippen LogP contribution in [0.5, 0.6) is 0 Å². The van der Waals surface area contributed by atoms with Gasteiger partial charge in [-0.15, -0.1) is 0 Å². The highest BCUT2D eigenvalue weighted by molar-refractivity contribution is 5.24. The summed E-state index contributed by atoms with van der Waals surface area (Å²) in [6.07, 6.45) is 7.98. The Morgan fingerprint density at radius 1 is 1.31 bits per heavy atom. The Morgan fingerprint density at radius 3 is 2.69 bits per heavy atom. The average Bonchev–Trinajstić information content (AvgIpc) is 2.31. The van der Waals surface area contributed by atoms with Crippen molar-refractivity contribution in [2.24, 2.45) is 0 Å². The topological polar surface area (TPSA) is 12.0 Å². The number of rotatable bonds is 6. The van der Waals surface area contributed by atoms with E-state index in [4.69, 9.17) is 0 Å². The smallest absolute Gasteiger partial charge is 0.0208 e. The van der Waals surface area contributed by atoms with Gasteiger partial charge in [-0.1, -0.05) is 61.2 Å². The predicted molar refractivity (Wildman–Crippen MR) is 71.2 cm³/mol. The molecule has 1 N–H and O–H groups in total. The molecule has 0 unspecified atom stereocenters. The van der Waals surface area contributed by atoms with Gasteiger partial charge in [0.25, 0.3) is 0 Å². The van der Waals surface area contributed by atoms with Crippen molar-refractivity contribution in [2.75, 3.05) is 6.54 Å². The summed E-state index contributed by atoms with van der Waals surface area (Å²) in [5, 5.41) is 3.40. The van der Waals surface area contributed by atoms with E-state index in [1.165, 1.54) is 11.1 Å². The zero-order valence-corrected chi connectivity index (χ0v) is 9.82. The Hall–Kier alpha value is -1.60. The molecule has 16 heavy (non-hydrogen) atoms. The third kappa shape index (κ3) is 4.76. The molecule has 0 saturated heterocycles. The molecule has 1 heteroatoms. The molecule has 1 aromatic rings. The lowest BCUT2D eigenvalue weighted by atomic mass is 10.2. The second-order valence-corrected chi connectivity index (χ2v) is 3.57. The highest BCUT2D eigenvalue weighted by atomic mass is 14.8. The van der Waals surface area contributed by atoms with E-state index < -0.39 is 0 Å². The maximum atomic E-state index is 3.71. The normalized spacial score (nSPS) is 11.9. The summed E-state index contributed by atoms with van der Waals surface area (Å²) < 4.78 is 0. The lowest BCUT2D eigenvalue weighted by Crippen LogP contribution is -2.15. The second-order valence-electron chi connectivity index (χ2n) is 3.57. The van der Waals surface area contributed by atoms with Crippen molar-refractivity contribution in [3.63, 3.8) is 0 Å². The number of hydrogen-bond donors (Lipinski definition) is 1. The van der Waals surface area contributed by atoms with E-state index in [0.717, 1.165) is 13.1 Å². The van der Waals surface area contributed by atoms with Gasteiger partial charge in [0, 0.05) is 13.1 Å². The minimum atomic E-state index is 0.866. The minimum absolute atomic E-state index is 0.866. The van der Waals surface area contributed by atoms with Crippen LogP contribution in [-0.4, -0.2) is 6.54 Å². The first-order chi connectivity index (χ1) is 7.86. The Kier molecular flexibility index (Phi) is 5.97. The van der Waals surface area contributed by atoms with E-state index in [9.17, 15) is 0 Å². The quantitative estimate of drug-likeness (QED) is 0.713. The van der Waals surface area contributed by atoms with Crippen LogP contribution in [0, 0.1) is 0 Å². The van der Waals surface area contributed by atoms with Crippen LogP contribution in [0.15, 0.2) is 66.8 Å². The standard InChI is InChI=1S/C15H19N/c1-3-8-14(9-4-2)12-16-13-15-10-6-5-7-11-15/h3-11,16H,1,12-13H2,2H3/b9-4-,14-8+. The van der Waals surface area contributed by atoms with Crippen LogP contribution in [0.25, 0.3) is 0 Å². The fraction of sp³-hybridized carbons (Fsp3) is 0.200. The van der Waals surface area contributed by atoms with Crippen molar-refractivity contribution in [3.8, 4) is 0 Å². The van der Waals surface area contributed by atoms with Gasteiger partial charge in [0.15, 0.2) is 0 Å². The van der Waals surface area contributed by atoms with Crippen molar-refractivity contribution < 1.29 is 0 Å². The molecule has 0 saturated carbocycles. The van der Waals surface area contributed by atoms with Crippen LogP contribution in [0.4, 0.5) is 0 Å². The van der Waals surface area contributed by atoms with Gasteiger partial charge in [0.2, 0.25) is 0 Å². The van der Waals surface area contributed by atoms with Crippen molar-refractivity contribution in [2.45, 2.75) is 13.5 Å². The van der Waals surface area contributed by atoms with Crippen molar-refractivity contribution in [1.82, 2.24) is 5.32 Å². The summed E-state index contributed by atoms with van der Waals surface area (Å²) >= 11 is 0. The van der Waals surface area contributed by atoms with Crippen LogP contribution in [0.2, 0.25) is 0 Å². The van der Waals surface area contributed by atoms with E-state index in [2.05, 4.69) is 42.2 Å². The predicted octanol–water partition coefficient (Wildman–Crippen LogP) is 3.46. The van der Waals surface area contributed by atoms with Crippen LogP contribution >= 0.6 is 0 Å². The Morgan fingerprint density at radius 2 is 2.06 bits per heavy atom. The number of hydrogen-bond acceptors (Lipinski definition) is 1. The summed E-state index contributed by atoms with van der Waals surface area (Å²) in [6.45, 7) is 7.49. The van der Waals surface area contributed by atoms with Gasteiger partial charge >= 0.3 is 0 Å². The van der Waals surface area contributed by atoms with E-state index in [0.29, 0.717) is 0 Å². The van der Waals surface area contributed by atoms with Crippen LogP contribution in [0.3, 0.4) is 0 Å². The molecule has 0 atom stereocenters. The van der Waals surface area contributed by atoms with E-state index in [1.54, 1.807) is 0 Å². The lowest BCUT2D eigenvalue weighted by Gasteiger charge is -2.05. The maximum absolute atomic E-state index is 3.71. The van der Waals surface area contributed by atoms with Crippen LogP contribution in [0.1, 0.15) is 12.5 Å². The molecule has 0 heterocycles. The summed E-state index contributed by atoms with van der Waals surface area (Å²) in [7, 11) is 0. The summed E-state index contributed by atoms with van der Waals surface area (Å²) in [6, 6.07) is 10.4. The van der Waals surface area contributed by atoms with E-state index in [1.807, 2.05) is 31.2 Å². The monoisotopic (exact) mass is 213 g/mol. The highest BCUT2D eigenvalue weighted by Crippen LogP contribution is 1.99. The molecule has 1 nitrogen and oxygen atoms in total. The summed E-state index contributed by atoms with van der Waals surface area (Å²) in [5.41, 5.74) is 2.55. The number of benzene rings is 1. The third-order valence-corrected chi connectivity index (χ3v) is 2.21. The fourth-order valence-corrected chi connectivity index (χ4v) is 1.49. The number of nitrogens with one attached hydrogen (secondary N) is 1. The fourth-order valence-electron chi connectivity index (χ4n) is 1.49. The molecule has 84 valence electrons. The molecular weight excluding hydrogens is 194 g/mol. The van der Waals surface area contributed by atoms with Gasteiger partial charge in [-0.25, -0.2) is 0 Å². The molecule has 0 bridgehead atoms. The van der Waals surface area contributed by atoms with E-state index in [-0.39, 0.29) is 0 Å². The molecule has 0 aliphatic carbocycles. The van der Waals surface area contributed by atoms with Crippen LogP contribution in [-0.2, 0) is 6.54 Å². The van der Waals surface area contributed by atoms with Gasteiger partial charge in [-0.3, -0.25) is 0 Å². The van der Waals surface area contributed by atoms with Gasteiger partial charge < -0.3 is 5.32 Å². The van der Waals surface area contributed by atoms with Gasteiger partial charge in [0.1, 0.15) is 0 Å². The zero-order chi connectivity index (χ0) is 11.6. The molecule has 0 spiro atoms. The van der Waals surface area contributed by atoms with Crippen LogP contribution < -0.4 is 5.32 Å². The van der Waals surface area contributed by atoms with Crippen molar-refractivity contribution >= 4 is 0 Å². The number of allylic oxidation sites excluding steroid dienone is 3. The molecular formula is C15H19N. The van der Waals surface area contributed by atoms with Gasteiger partial charge in [0.05, 0.1) is 0 Å². The van der Waals surface area contributed by atoms with Gasteiger partial charge in [-0.05, 0) is 18.1 Å². The molecule has 1 aromatic carbocycles. The zero-order valence-electron chi connectivity index (χ0n) is 9.82. The first-order valence-corrected chi connectivity index (χ1v) is 5.55. The van der Waals surface area contributed by atoms with Gasteiger partial charge in [-0.2, -0.15) is 0 Å². The summed E-state index contributed by atoms with van der Waals surface area (Å²) in [5.74, 6) is 0. The van der Waals surface area contributed by atoms with Crippen molar-refractivity contribution in [1.29, 1.82) is 0 Å². The first kappa shape index (κ1) is 12.5. The average molecular weight is 213 g/mol. The Labute approximate surface area is 98.2 Å². The SMILES string of the molecule is C=C/C=C(\C=C/C)CNCc1ccccc1. The molecule has 1 rings (SSSR count). The maximum Gasteiger partial charge on any atom is 0.0208 e. The molecule has 0 fully saturated rings. The summed E-state index contributed by atoms with van der Waals surface area (Å²) in [4.78, 5) is 0. The van der Waals surface area contributed by atoms with E-state index >= 15 is 0 Å². The largest absolute Gasteiger partial charge is 0.309 e. The molecule has 0 aliphatic rings. The Bertz CT molecular complexity index is 360. The molecule has 0 amide bonds. The van der Waals surface area contributed by atoms with Crippen molar-refractivity contribution in [3.05, 3.63) is 72.4 Å². The minimum Gasteiger partial charge on any atom is -0.309 e. The molecule has 0 aromatic heterocycles. The lowest BCUT2D eigenvalue weighted by molar-refractivity contribution is 0.747. The first-order valence-electron chi connectivity index (χ1n) is 5.55. The highest BCUT2D eigenvalue weighted by Gasteiger charge is 1.92. The molecule has 0 radical (unpaired) electrons. The third-order valence-electron chi connectivity index (χ3n) is 2.21. The second kappa shape index (κ2) is 7.66. The Balaban J connectivity index is 2.39.